The van der Waals surface area contributed by atoms with Crippen LogP contribution in [0.25, 0.3) is 0 Å². The van der Waals surface area contributed by atoms with E-state index in [1.807, 2.05) is 0 Å². The van der Waals surface area contributed by atoms with Crippen LogP contribution in [-0.2, 0) is 4.79 Å². The summed E-state index contributed by atoms with van der Waals surface area (Å²) in [6.45, 7) is 1.09. The van der Waals surface area contributed by atoms with Crippen LogP contribution in [0, 0.1) is 10.1 Å². The lowest BCUT2D eigenvalue weighted by molar-refractivity contribution is -0.384. The number of nitro groups is 1. The largest absolute Gasteiger partial charge is 0.391 e. The highest BCUT2D eigenvalue weighted by Crippen LogP contribution is 2.22. The van der Waals surface area contributed by atoms with Crippen molar-refractivity contribution in [3.63, 3.8) is 0 Å². The quantitative estimate of drug-likeness (QED) is 0.519. The van der Waals surface area contributed by atoms with E-state index in [4.69, 9.17) is 0 Å². The first kappa shape index (κ1) is 14.8. The number of nitro benzene ring substituents is 1. The first-order valence-corrected chi connectivity index (χ1v) is 7.38. The average Bonchev–Trinajstić information content (AvgIpc) is 2.45. The van der Waals surface area contributed by atoms with Crippen LogP contribution in [0.3, 0.4) is 0 Å². The number of piperidine rings is 1. The lowest BCUT2D eigenvalue weighted by Crippen LogP contribution is -2.42. The van der Waals surface area contributed by atoms with Crippen molar-refractivity contribution in [2.24, 2.45) is 0 Å². The second kappa shape index (κ2) is 6.71. The molecular formula is C13H16N2O4S. The molecule has 1 amide bonds. The Morgan fingerprint density at radius 3 is 2.75 bits per heavy atom. The molecule has 1 saturated heterocycles. The predicted octanol–water partition coefficient (Wildman–Crippen LogP) is 1.67. The SMILES string of the molecule is O=C(CSc1ccc([N+](=O)[O-])cc1)N1CCC[C@H](O)C1. The standard InChI is InChI=1S/C13H16N2O4S/c16-11-2-1-7-14(8-11)13(17)9-20-12-5-3-10(4-6-12)15(18)19/h3-6,11,16H,1-2,7-9H2/t11-/m0/s1. The number of hydrogen-bond donors (Lipinski definition) is 1. The molecule has 0 unspecified atom stereocenters. The van der Waals surface area contributed by atoms with Crippen LogP contribution in [-0.4, -0.2) is 45.8 Å². The van der Waals surface area contributed by atoms with E-state index in [-0.39, 0.29) is 17.3 Å². The van der Waals surface area contributed by atoms with Crippen molar-refractivity contribution >= 4 is 23.4 Å². The highest BCUT2D eigenvalue weighted by atomic mass is 32.2. The van der Waals surface area contributed by atoms with Crippen LogP contribution in [0.4, 0.5) is 5.69 Å². The van der Waals surface area contributed by atoms with Gasteiger partial charge in [-0.1, -0.05) is 0 Å². The van der Waals surface area contributed by atoms with E-state index >= 15 is 0 Å². The Morgan fingerprint density at radius 2 is 2.15 bits per heavy atom. The third kappa shape index (κ3) is 3.94. The fourth-order valence-electron chi connectivity index (χ4n) is 2.08. The number of aliphatic hydroxyl groups excluding tert-OH is 1. The highest BCUT2D eigenvalue weighted by Gasteiger charge is 2.21. The van der Waals surface area contributed by atoms with Crippen LogP contribution < -0.4 is 0 Å². The minimum absolute atomic E-state index is 0.00731. The molecule has 1 aromatic rings. The number of benzene rings is 1. The summed E-state index contributed by atoms with van der Waals surface area (Å²) in [7, 11) is 0. The number of amides is 1. The molecule has 1 heterocycles. The van der Waals surface area contributed by atoms with Crippen molar-refractivity contribution in [3.05, 3.63) is 34.4 Å². The van der Waals surface area contributed by atoms with Crippen LogP contribution >= 0.6 is 11.8 Å². The molecule has 0 saturated carbocycles. The van der Waals surface area contributed by atoms with Gasteiger partial charge in [0, 0.05) is 30.1 Å². The summed E-state index contributed by atoms with van der Waals surface area (Å²) in [6, 6.07) is 6.14. The van der Waals surface area contributed by atoms with Crippen molar-refractivity contribution in [2.45, 2.75) is 23.8 Å². The summed E-state index contributed by atoms with van der Waals surface area (Å²) in [5.74, 6) is 0.275. The van der Waals surface area contributed by atoms with Gasteiger partial charge in [0.15, 0.2) is 0 Å². The second-order valence-electron chi connectivity index (χ2n) is 4.68. The number of hydrogen-bond acceptors (Lipinski definition) is 5. The lowest BCUT2D eigenvalue weighted by atomic mass is 10.1. The Bertz CT molecular complexity index is 492. The molecule has 0 radical (unpaired) electrons. The number of likely N-dealkylation sites (tertiary alicyclic amines) is 1. The summed E-state index contributed by atoms with van der Waals surface area (Å²) < 4.78 is 0. The number of nitrogens with zero attached hydrogens (tertiary/aromatic N) is 2. The summed E-state index contributed by atoms with van der Waals surface area (Å²) in [5, 5.41) is 20.1. The maximum atomic E-state index is 12.0. The maximum Gasteiger partial charge on any atom is 0.269 e. The van der Waals surface area contributed by atoms with E-state index in [0.717, 1.165) is 17.7 Å². The first-order chi connectivity index (χ1) is 9.56. The van der Waals surface area contributed by atoms with E-state index in [0.29, 0.717) is 13.1 Å². The first-order valence-electron chi connectivity index (χ1n) is 6.39. The molecule has 108 valence electrons. The molecule has 6 nitrogen and oxygen atoms in total. The van der Waals surface area contributed by atoms with E-state index in [9.17, 15) is 20.0 Å². The van der Waals surface area contributed by atoms with Gasteiger partial charge >= 0.3 is 0 Å². The number of β-amino-alcohol motifs (C(OH)–C–C–N with tert-alkyl or cyclic N) is 1. The van der Waals surface area contributed by atoms with Crippen molar-refractivity contribution in [3.8, 4) is 0 Å². The highest BCUT2D eigenvalue weighted by molar-refractivity contribution is 8.00. The molecule has 0 aliphatic carbocycles. The summed E-state index contributed by atoms with van der Waals surface area (Å²) in [4.78, 5) is 24.6. The molecular weight excluding hydrogens is 280 g/mol. The molecule has 0 bridgehead atoms. The van der Waals surface area contributed by atoms with Crippen LogP contribution in [0.2, 0.25) is 0 Å². The van der Waals surface area contributed by atoms with E-state index in [2.05, 4.69) is 0 Å². The van der Waals surface area contributed by atoms with Crippen molar-refractivity contribution in [1.82, 2.24) is 4.90 Å². The molecule has 1 atom stereocenters. The molecule has 0 aromatic heterocycles. The van der Waals surface area contributed by atoms with Crippen molar-refractivity contribution < 1.29 is 14.8 Å². The zero-order valence-electron chi connectivity index (χ0n) is 10.9. The third-order valence-electron chi connectivity index (χ3n) is 3.16. The minimum atomic E-state index is -0.450. The normalized spacial score (nSPS) is 18.9. The Morgan fingerprint density at radius 1 is 1.45 bits per heavy atom. The fraction of sp³-hybridized carbons (Fsp3) is 0.462. The Labute approximate surface area is 120 Å². The topological polar surface area (TPSA) is 83.7 Å². The zero-order valence-corrected chi connectivity index (χ0v) is 11.7. The molecule has 20 heavy (non-hydrogen) atoms. The van der Waals surface area contributed by atoms with E-state index < -0.39 is 11.0 Å². The third-order valence-corrected chi connectivity index (χ3v) is 4.16. The molecule has 1 N–H and O–H groups in total. The number of aliphatic hydroxyl groups is 1. The van der Waals surface area contributed by atoms with Gasteiger partial charge in [-0.05, 0) is 25.0 Å². The number of carbonyl (C=O) groups is 1. The van der Waals surface area contributed by atoms with Gasteiger partial charge in [-0.3, -0.25) is 14.9 Å². The molecule has 1 aromatic carbocycles. The smallest absolute Gasteiger partial charge is 0.269 e. The Balaban J connectivity index is 1.85. The molecule has 1 fully saturated rings. The van der Waals surface area contributed by atoms with Gasteiger partial charge in [-0.25, -0.2) is 0 Å². The van der Waals surface area contributed by atoms with Crippen LogP contribution in [0.1, 0.15) is 12.8 Å². The second-order valence-corrected chi connectivity index (χ2v) is 5.72. The fourth-order valence-corrected chi connectivity index (χ4v) is 2.88. The summed E-state index contributed by atoms with van der Waals surface area (Å²) >= 11 is 1.35. The zero-order chi connectivity index (χ0) is 14.5. The molecule has 1 aliphatic heterocycles. The predicted molar refractivity (Wildman–Crippen MR) is 75.6 cm³/mol. The number of carbonyl (C=O) groups excluding carboxylic acids is 1. The van der Waals surface area contributed by atoms with E-state index in [1.54, 1.807) is 17.0 Å². The van der Waals surface area contributed by atoms with Gasteiger partial charge in [0.05, 0.1) is 16.8 Å². The molecule has 0 spiro atoms. The van der Waals surface area contributed by atoms with Gasteiger partial charge in [-0.2, -0.15) is 0 Å². The van der Waals surface area contributed by atoms with Gasteiger partial charge in [0.2, 0.25) is 5.91 Å². The van der Waals surface area contributed by atoms with Gasteiger partial charge in [0.25, 0.3) is 5.69 Å². The number of thioether (sulfide) groups is 1. The Kier molecular flexibility index (Phi) is 4.97. The monoisotopic (exact) mass is 296 g/mol. The summed E-state index contributed by atoms with van der Waals surface area (Å²) in [5.41, 5.74) is 0.0415. The van der Waals surface area contributed by atoms with Gasteiger partial charge in [0.1, 0.15) is 0 Å². The average molecular weight is 296 g/mol. The molecule has 1 aliphatic rings. The summed E-state index contributed by atoms with van der Waals surface area (Å²) in [6.07, 6.45) is 1.16. The molecule has 2 rings (SSSR count). The minimum Gasteiger partial charge on any atom is -0.391 e. The lowest BCUT2D eigenvalue weighted by Gasteiger charge is -2.30. The number of non-ortho nitro benzene ring substituents is 1. The van der Waals surface area contributed by atoms with Crippen molar-refractivity contribution in [1.29, 1.82) is 0 Å². The molecule has 7 heteroatoms. The van der Waals surface area contributed by atoms with E-state index in [1.165, 1.54) is 23.9 Å². The maximum absolute atomic E-state index is 12.0. The van der Waals surface area contributed by atoms with Gasteiger partial charge in [-0.15, -0.1) is 11.8 Å². The van der Waals surface area contributed by atoms with Gasteiger partial charge < -0.3 is 10.0 Å². The Hall–Kier alpha value is -1.60. The van der Waals surface area contributed by atoms with Crippen LogP contribution in [0.5, 0.6) is 0 Å². The van der Waals surface area contributed by atoms with Crippen molar-refractivity contribution in [2.75, 3.05) is 18.8 Å². The number of rotatable bonds is 4. The van der Waals surface area contributed by atoms with Crippen LogP contribution in [0.15, 0.2) is 29.2 Å².